The van der Waals surface area contributed by atoms with Gasteiger partial charge in [0, 0.05) is 19.3 Å². The molecule has 19 heavy (non-hydrogen) atoms. The van der Waals surface area contributed by atoms with E-state index in [4.69, 9.17) is 5.26 Å². The number of nitrogens with one attached hydrogen (secondary N) is 1. The average molecular weight is 257 g/mol. The summed E-state index contributed by atoms with van der Waals surface area (Å²) in [5.41, 5.74) is 1.06. The number of rotatable bonds is 3. The lowest BCUT2D eigenvalue weighted by Gasteiger charge is -2.31. The molecule has 0 bridgehead atoms. The van der Waals surface area contributed by atoms with Crippen LogP contribution < -0.4 is 10.2 Å². The van der Waals surface area contributed by atoms with Gasteiger partial charge in [-0.05, 0) is 37.6 Å². The summed E-state index contributed by atoms with van der Waals surface area (Å²) < 4.78 is 0. The van der Waals surface area contributed by atoms with Crippen LogP contribution in [0, 0.1) is 16.7 Å². The summed E-state index contributed by atoms with van der Waals surface area (Å²) in [5.74, 6) is 0.134. The Balaban J connectivity index is 2.25. The minimum atomic E-state index is -0.294. The molecule has 2 rings (SSSR count). The zero-order valence-corrected chi connectivity index (χ0v) is 11.4. The van der Waals surface area contributed by atoms with Gasteiger partial charge in [0.15, 0.2) is 0 Å². The maximum atomic E-state index is 12.7. The molecule has 1 heterocycles. The molecule has 1 aromatic carbocycles. The van der Waals surface area contributed by atoms with Crippen molar-refractivity contribution in [1.29, 1.82) is 5.26 Å². The smallest absolute Gasteiger partial charge is 0.234 e. The molecule has 1 saturated heterocycles. The van der Waals surface area contributed by atoms with Crippen LogP contribution in [0.15, 0.2) is 24.3 Å². The maximum Gasteiger partial charge on any atom is 0.234 e. The number of hydrogen-bond acceptors (Lipinski definition) is 3. The quantitative estimate of drug-likeness (QED) is 0.900. The van der Waals surface area contributed by atoms with E-state index < -0.39 is 0 Å². The van der Waals surface area contributed by atoms with Crippen molar-refractivity contribution in [1.82, 2.24) is 5.32 Å². The number of nitrogens with zero attached hydrogens (tertiary/aromatic N) is 2. The number of amides is 1. The van der Waals surface area contributed by atoms with E-state index in [1.807, 2.05) is 12.1 Å². The topological polar surface area (TPSA) is 56.1 Å². The van der Waals surface area contributed by atoms with Crippen LogP contribution in [0.3, 0.4) is 0 Å². The number of anilines is 1. The molecule has 0 saturated carbocycles. The standard InChI is InChI=1S/C15H19N3O/c1-3-15(7-8-17-11-15)14(19)18(2)13-6-4-5-12(9-13)10-16/h4-6,9,17H,3,7-8,11H2,1-2H3. The maximum absolute atomic E-state index is 12.7. The molecule has 4 heteroatoms. The molecule has 1 fully saturated rings. The second-order valence-corrected chi connectivity index (χ2v) is 5.09. The SMILES string of the molecule is CCC1(C(=O)N(C)c2cccc(C#N)c2)CCNC1. The highest BCUT2D eigenvalue weighted by molar-refractivity contribution is 5.97. The van der Waals surface area contributed by atoms with Gasteiger partial charge >= 0.3 is 0 Å². The van der Waals surface area contributed by atoms with Crippen molar-refractivity contribution in [2.24, 2.45) is 5.41 Å². The predicted molar refractivity (Wildman–Crippen MR) is 74.8 cm³/mol. The Bertz CT molecular complexity index is 512. The molecule has 1 N–H and O–H groups in total. The normalized spacial score (nSPS) is 21.9. The molecule has 1 amide bonds. The van der Waals surface area contributed by atoms with E-state index in [0.29, 0.717) is 5.56 Å². The second-order valence-electron chi connectivity index (χ2n) is 5.09. The predicted octanol–water partition coefficient (Wildman–Crippen LogP) is 1.91. The van der Waals surface area contributed by atoms with Gasteiger partial charge in [-0.1, -0.05) is 13.0 Å². The van der Waals surface area contributed by atoms with Crippen molar-refractivity contribution < 1.29 is 4.79 Å². The summed E-state index contributed by atoms with van der Waals surface area (Å²) in [5, 5.41) is 12.2. The highest BCUT2D eigenvalue weighted by Crippen LogP contribution is 2.33. The molecular weight excluding hydrogens is 238 g/mol. The van der Waals surface area contributed by atoms with Crippen LogP contribution in [0.2, 0.25) is 0 Å². The summed E-state index contributed by atoms with van der Waals surface area (Å²) in [7, 11) is 1.79. The van der Waals surface area contributed by atoms with Crippen LogP contribution in [0.1, 0.15) is 25.3 Å². The third-order valence-electron chi connectivity index (χ3n) is 4.04. The van der Waals surface area contributed by atoms with Gasteiger partial charge in [-0.3, -0.25) is 4.79 Å². The highest BCUT2D eigenvalue weighted by Gasteiger charge is 2.41. The van der Waals surface area contributed by atoms with Gasteiger partial charge < -0.3 is 10.2 Å². The zero-order valence-electron chi connectivity index (χ0n) is 11.4. The fourth-order valence-corrected chi connectivity index (χ4v) is 2.64. The molecule has 1 atom stereocenters. The fourth-order valence-electron chi connectivity index (χ4n) is 2.64. The van der Waals surface area contributed by atoms with Crippen molar-refractivity contribution >= 4 is 11.6 Å². The van der Waals surface area contributed by atoms with Crippen LogP contribution in [0.5, 0.6) is 0 Å². The third-order valence-corrected chi connectivity index (χ3v) is 4.04. The Morgan fingerprint density at radius 3 is 2.95 bits per heavy atom. The Kier molecular flexibility index (Phi) is 3.87. The summed E-state index contributed by atoms with van der Waals surface area (Å²) in [4.78, 5) is 14.4. The van der Waals surface area contributed by atoms with E-state index in [-0.39, 0.29) is 11.3 Å². The molecule has 1 aliphatic rings. The Hall–Kier alpha value is -1.86. The number of hydrogen-bond donors (Lipinski definition) is 1. The fraction of sp³-hybridized carbons (Fsp3) is 0.467. The van der Waals surface area contributed by atoms with E-state index in [0.717, 1.165) is 31.6 Å². The van der Waals surface area contributed by atoms with Gasteiger partial charge in [0.2, 0.25) is 5.91 Å². The Morgan fingerprint density at radius 1 is 1.58 bits per heavy atom. The monoisotopic (exact) mass is 257 g/mol. The highest BCUT2D eigenvalue weighted by atomic mass is 16.2. The van der Waals surface area contributed by atoms with E-state index in [9.17, 15) is 4.79 Å². The first-order valence-electron chi connectivity index (χ1n) is 6.62. The van der Waals surface area contributed by atoms with Crippen LogP contribution >= 0.6 is 0 Å². The largest absolute Gasteiger partial charge is 0.316 e. The van der Waals surface area contributed by atoms with Crippen molar-refractivity contribution in [2.75, 3.05) is 25.0 Å². The number of carbonyl (C=O) groups excluding carboxylic acids is 1. The lowest BCUT2D eigenvalue weighted by Crippen LogP contribution is -2.43. The minimum Gasteiger partial charge on any atom is -0.316 e. The van der Waals surface area contributed by atoms with Gasteiger partial charge in [-0.2, -0.15) is 5.26 Å². The number of benzene rings is 1. The first-order valence-corrected chi connectivity index (χ1v) is 6.62. The van der Waals surface area contributed by atoms with Crippen molar-refractivity contribution in [3.05, 3.63) is 29.8 Å². The number of carbonyl (C=O) groups is 1. The second kappa shape index (κ2) is 5.41. The van der Waals surface area contributed by atoms with Gasteiger partial charge in [-0.15, -0.1) is 0 Å². The minimum absolute atomic E-state index is 0.134. The molecule has 100 valence electrons. The van der Waals surface area contributed by atoms with Gasteiger partial charge in [0.25, 0.3) is 0 Å². The van der Waals surface area contributed by atoms with Crippen molar-refractivity contribution in [3.8, 4) is 6.07 Å². The molecule has 0 spiro atoms. The molecule has 1 aromatic rings. The molecule has 0 aliphatic carbocycles. The van der Waals surface area contributed by atoms with Crippen molar-refractivity contribution in [2.45, 2.75) is 19.8 Å². The Morgan fingerprint density at radius 2 is 2.37 bits per heavy atom. The molecule has 1 aliphatic heterocycles. The molecule has 1 unspecified atom stereocenters. The molecule has 4 nitrogen and oxygen atoms in total. The van der Waals surface area contributed by atoms with E-state index in [2.05, 4.69) is 18.3 Å². The van der Waals surface area contributed by atoms with E-state index in [1.54, 1.807) is 24.1 Å². The summed E-state index contributed by atoms with van der Waals surface area (Å²) in [6.45, 7) is 3.70. The molecular formula is C15H19N3O. The molecule has 0 radical (unpaired) electrons. The average Bonchev–Trinajstić information content (AvgIpc) is 2.96. The summed E-state index contributed by atoms with van der Waals surface area (Å²) in [6.07, 6.45) is 1.71. The van der Waals surface area contributed by atoms with Crippen LogP contribution in [0.25, 0.3) is 0 Å². The van der Waals surface area contributed by atoms with Gasteiger partial charge in [0.05, 0.1) is 17.0 Å². The lowest BCUT2D eigenvalue weighted by molar-refractivity contribution is -0.127. The molecule has 0 aromatic heterocycles. The van der Waals surface area contributed by atoms with Crippen LogP contribution in [-0.4, -0.2) is 26.0 Å². The van der Waals surface area contributed by atoms with E-state index >= 15 is 0 Å². The first-order chi connectivity index (χ1) is 9.13. The third kappa shape index (κ3) is 2.47. The van der Waals surface area contributed by atoms with Crippen molar-refractivity contribution in [3.63, 3.8) is 0 Å². The first kappa shape index (κ1) is 13.6. The summed E-state index contributed by atoms with van der Waals surface area (Å²) in [6, 6.07) is 9.28. The lowest BCUT2D eigenvalue weighted by atomic mass is 9.82. The van der Waals surface area contributed by atoms with Crippen LogP contribution in [0.4, 0.5) is 5.69 Å². The summed E-state index contributed by atoms with van der Waals surface area (Å²) >= 11 is 0. The van der Waals surface area contributed by atoms with Gasteiger partial charge in [0.1, 0.15) is 0 Å². The van der Waals surface area contributed by atoms with E-state index in [1.165, 1.54) is 0 Å². The Labute approximate surface area is 114 Å². The van der Waals surface area contributed by atoms with Gasteiger partial charge in [-0.25, -0.2) is 0 Å². The number of nitriles is 1. The van der Waals surface area contributed by atoms with Crippen LogP contribution in [-0.2, 0) is 4.79 Å². The zero-order chi connectivity index (χ0) is 13.9.